The van der Waals surface area contributed by atoms with Gasteiger partial charge in [0.25, 0.3) is 0 Å². The largest absolute Gasteiger partial charge is 0.496 e. The van der Waals surface area contributed by atoms with Crippen LogP contribution in [-0.2, 0) is 0 Å². The fourth-order valence-corrected chi connectivity index (χ4v) is 2.48. The van der Waals surface area contributed by atoms with E-state index in [1.165, 1.54) is 29.7 Å². The molecule has 0 spiro atoms. The minimum atomic E-state index is 0.586. The normalized spacial score (nSPS) is 16.9. The predicted molar refractivity (Wildman–Crippen MR) is 72.0 cm³/mol. The van der Waals surface area contributed by atoms with Crippen LogP contribution in [0.5, 0.6) is 5.75 Å². The standard InChI is InChI=1S/C14H22N2O/c1-10-4-5-13(11(2)14(10)17-3)16-12-6-8-15-9-7-12/h4-5,12,15-16H,6-9H2,1-3H3. The summed E-state index contributed by atoms with van der Waals surface area (Å²) >= 11 is 0. The molecule has 1 heterocycles. The van der Waals surface area contributed by atoms with Crippen molar-refractivity contribution < 1.29 is 4.74 Å². The highest BCUT2D eigenvalue weighted by molar-refractivity contribution is 5.60. The van der Waals surface area contributed by atoms with Crippen molar-refractivity contribution in [3.05, 3.63) is 23.3 Å². The Balaban J connectivity index is 2.15. The number of piperidine rings is 1. The number of hydrogen-bond acceptors (Lipinski definition) is 3. The molecule has 17 heavy (non-hydrogen) atoms. The topological polar surface area (TPSA) is 33.3 Å². The smallest absolute Gasteiger partial charge is 0.126 e. The highest BCUT2D eigenvalue weighted by atomic mass is 16.5. The maximum Gasteiger partial charge on any atom is 0.126 e. The number of methoxy groups -OCH3 is 1. The molecule has 0 saturated carbocycles. The first-order chi connectivity index (χ1) is 8.22. The highest BCUT2D eigenvalue weighted by Gasteiger charge is 2.15. The molecule has 0 unspecified atom stereocenters. The molecule has 3 heteroatoms. The molecule has 0 amide bonds. The molecule has 0 aliphatic carbocycles. The van der Waals surface area contributed by atoms with Gasteiger partial charge in [-0.1, -0.05) is 6.07 Å². The lowest BCUT2D eigenvalue weighted by Gasteiger charge is -2.26. The quantitative estimate of drug-likeness (QED) is 0.843. The van der Waals surface area contributed by atoms with Crippen molar-refractivity contribution in [2.75, 3.05) is 25.5 Å². The van der Waals surface area contributed by atoms with E-state index in [1.807, 2.05) is 0 Å². The number of anilines is 1. The fraction of sp³-hybridized carbons (Fsp3) is 0.571. The zero-order valence-electron chi connectivity index (χ0n) is 11.0. The van der Waals surface area contributed by atoms with Gasteiger partial charge in [-0.3, -0.25) is 0 Å². The van der Waals surface area contributed by atoms with E-state index >= 15 is 0 Å². The van der Waals surface area contributed by atoms with Gasteiger partial charge in [-0.05, 0) is 51.4 Å². The van der Waals surface area contributed by atoms with Crippen LogP contribution in [-0.4, -0.2) is 26.2 Å². The maximum absolute atomic E-state index is 5.45. The minimum Gasteiger partial charge on any atom is -0.496 e. The van der Waals surface area contributed by atoms with Gasteiger partial charge < -0.3 is 15.4 Å². The van der Waals surface area contributed by atoms with Crippen molar-refractivity contribution in [2.24, 2.45) is 0 Å². The van der Waals surface area contributed by atoms with Gasteiger partial charge in [0.15, 0.2) is 0 Å². The fourth-order valence-electron chi connectivity index (χ4n) is 2.48. The Bertz CT molecular complexity index is 384. The first-order valence-electron chi connectivity index (χ1n) is 6.34. The molecule has 3 nitrogen and oxygen atoms in total. The number of benzene rings is 1. The van der Waals surface area contributed by atoms with Gasteiger partial charge in [-0.15, -0.1) is 0 Å². The molecule has 2 N–H and O–H groups in total. The van der Waals surface area contributed by atoms with E-state index in [2.05, 4.69) is 36.6 Å². The Labute approximate surface area is 104 Å². The first kappa shape index (κ1) is 12.2. The van der Waals surface area contributed by atoms with E-state index in [0.29, 0.717) is 6.04 Å². The third-order valence-electron chi connectivity index (χ3n) is 3.51. The number of hydrogen-bond donors (Lipinski definition) is 2. The monoisotopic (exact) mass is 234 g/mol. The van der Waals surface area contributed by atoms with Gasteiger partial charge in [0.2, 0.25) is 0 Å². The van der Waals surface area contributed by atoms with Crippen molar-refractivity contribution >= 4 is 5.69 Å². The summed E-state index contributed by atoms with van der Waals surface area (Å²) in [4.78, 5) is 0. The highest BCUT2D eigenvalue weighted by Crippen LogP contribution is 2.30. The molecule has 1 aliphatic rings. The summed E-state index contributed by atoms with van der Waals surface area (Å²) in [5, 5.41) is 7.01. The second-order valence-corrected chi connectivity index (χ2v) is 4.76. The van der Waals surface area contributed by atoms with Crippen LogP contribution in [0.15, 0.2) is 12.1 Å². The zero-order chi connectivity index (χ0) is 12.3. The van der Waals surface area contributed by atoms with Crippen LogP contribution in [0.25, 0.3) is 0 Å². The molecule has 2 rings (SSSR count). The van der Waals surface area contributed by atoms with Crippen LogP contribution in [0.1, 0.15) is 24.0 Å². The van der Waals surface area contributed by atoms with Crippen molar-refractivity contribution in [2.45, 2.75) is 32.7 Å². The van der Waals surface area contributed by atoms with Crippen LogP contribution in [0.3, 0.4) is 0 Å². The van der Waals surface area contributed by atoms with Crippen LogP contribution in [0.2, 0.25) is 0 Å². The molecule has 1 aromatic rings. The Morgan fingerprint density at radius 3 is 2.59 bits per heavy atom. The van der Waals surface area contributed by atoms with Gasteiger partial charge >= 0.3 is 0 Å². The summed E-state index contributed by atoms with van der Waals surface area (Å²) in [7, 11) is 1.74. The van der Waals surface area contributed by atoms with E-state index in [1.54, 1.807) is 7.11 Å². The molecular weight excluding hydrogens is 212 g/mol. The van der Waals surface area contributed by atoms with Crippen LogP contribution in [0.4, 0.5) is 5.69 Å². The van der Waals surface area contributed by atoms with Gasteiger partial charge in [0.1, 0.15) is 5.75 Å². The number of nitrogens with one attached hydrogen (secondary N) is 2. The van der Waals surface area contributed by atoms with Crippen LogP contribution < -0.4 is 15.4 Å². The Morgan fingerprint density at radius 1 is 1.24 bits per heavy atom. The van der Waals surface area contributed by atoms with Crippen molar-refractivity contribution in [1.82, 2.24) is 5.32 Å². The predicted octanol–water partition coefficient (Wildman–Crippen LogP) is 2.48. The number of rotatable bonds is 3. The van der Waals surface area contributed by atoms with E-state index in [-0.39, 0.29) is 0 Å². The summed E-state index contributed by atoms with van der Waals surface area (Å²) in [5.41, 5.74) is 3.62. The molecular formula is C14H22N2O. The number of ether oxygens (including phenoxy) is 1. The van der Waals surface area contributed by atoms with Gasteiger partial charge in [-0.25, -0.2) is 0 Å². The molecule has 0 radical (unpaired) electrons. The summed E-state index contributed by atoms with van der Waals surface area (Å²) in [6, 6.07) is 4.87. The molecule has 1 fully saturated rings. The van der Waals surface area contributed by atoms with E-state index in [4.69, 9.17) is 4.74 Å². The van der Waals surface area contributed by atoms with Crippen LogP contribution >= 0.6 is 0 Å². The number of aryl methyl sites for hydroxylation is 1. The third-order valence-corrected chi connectivity index (χ3v) is 3.51. The summed E-state index contributed by atoms with van der Waals surface area (Å²) in [5.74, 6) is 1.00. The van der Waals surface area contributed by atoms with Gasteiger partial charge in [0, 0.05) is 17.3 Å². The van der Waals surface area contributed by atoms with E-state index in [0.717, 1.165) is 18.8 Å². The maximum atomic E-state index is 5.45. The summed E-state index contributed by atoms with van der Waals surface area (Å²) in [6.07, 6.45) is 2.38. The van der Waals surface area contributed by atoms with Crippen molar-refractivity contribution in [3.63, 3.8) is 0 Å². The Morgan fingerprint density at radius 2 is 1.94 bits per heavy atom. The lowest BCUT2D eigenvalue weighted by atomic mass is 10.0. The van der Waals surface area contributed by atoms with Gasteiger partial charge in [0.05, 0.1) is 7.11 Å². The molecule has 0 aromatic heterocycles. The average Bonchev–Trinajstić information content (AvgIpc) is 2.35. The SMILES string of the molecule is COc1c(C)ccc(NC2CCNCC2)c1C. The van der Waals surface area contributed by atoms with Crippen molar-refractivity contribution in [3.8, 4) is 5.75 Å². The molecule has 0 bridgehead atoms. The molecule has 1 aromatic carbocycles. The zero-order valence-corrected chi connectivity index (χ0v) is 11.0. The molecule has 1 aliphatic heterocycles. The second-order valence-electron chi connectivity index (χ2n) is 4.76. The Hall–Kier alpha value is -1.22. The molecule has 1 saturated heterocycles. The lowest BCUT2D eigenvalue weighted by Crippen LogP contribution is -2.35. The molecule has 94 valence electrons. The second kappa shape index (κ2) is 5.41. The summed E-state index contributed by atoms with van der Waals surface area (Å²) < 4.78 is 5.45. The first-order valence-corrected chi connectivity index (χ1v) is 6.34. The minimum absolute atomic E-state index is 0.586. The lowest BCUT2D eigenvalue weighted by molar-refractivity contribution is 0.408. The summed E-state index contributed by atoms with van der Waals surface area (Å²) in [6.45, 7) is 6.43. The average molecular weight is 234 g/mol. The van der Waals surface area contributed by atoms with E-state index in [9.17, 15) is 0 Å². The Kier molecular flexibility index (Phi) is 3.89. The van der Waals surface area contributed by atoms with Crippen LogP contribution in [0, 0.1) is 13.8 Å². The molecule has 0 atom stereocenters. The van der Waals surface area contributed by atoms with Crippen molar-refractivity contribution in [1.29, 1.82) is 0 Å². The van der Waals surface area contributed by atoms with E-state index < -0.39 is 0 Å². The van der Waals surface area contributed by atoms with Gasteiger partial charge in [-0.2, -0.15) is 0 Å². The third kappa shape index (κ3) is 2.72.